The normalized spacial score (nSPS) is 11.6. The smallest absolute Gasteiger partial charge is 0.406 e. The first-order chi connectivity index (χ1) is 13.2. The molecule has 3 aromatic heterocycles. The van der Waals surface area contributed by atoms with E-state index >= 15 is 0 Å². The maximum Gasteiger partial charge on any atom is 0.406 e. The molecule has 0 spiro atoms. The number of hydrogen-bond acceptors (Lipinski definition) is 5. The Morgan fingerprint density at radius 1 is 1.25 bits per heavy atom. The van der Waals surface area contributed by atoms with Gasteiger partial charge in [-0.3, -0.25) is 9.59 Å². The Labute approximate surface area is 161 Å². The number of aryl methyl sites for hydroxylation is 1. The molecule has 1 amide bonds. The van der Waals surface area contributed by atoms with Crippen LogP contribution in [0.25, 0.3) is 10.6 Å². The van der Waals surface area contributed by atoms with E-state index in [1.165, 1.54) is 41.9 Å². The lowest BCUT2D eigenvalue weighted by Gasteiger charge is -2.23. The molecule has 0 radical (unpaired) electrons. The molecule has 148 valence electrons. The van der Waals surface area contributed by atoms with Gasteiger partial charge in [0, 0.05) is 10.9 Å². The highest BCUT2D eigenvalue weighted by Crippen LogP contribution is 2.25. The molecule has 0 atom stereocenters. The molecule has 3 heterocycles. The second-order valence-corrected chi connectivity index (χ2v) is 7.36. The van der Waals surface area contributed by atoms with E-state index in [0.717, 1.165) is 14.4 Å². The molecule has 3 aromatic rings. The van der Waals surface area contributed by atoms with E-state index in [2.05, 4.69) is 5.10 Å². The molecule has 0 N–H and O–H groups in total. The van der Waals surface area contributed by atoms with Crippen LogP contribution in [0.3, 0.4) is 0 Å². The Morgan fingerprint density at radius 2 is 2.04 bits per heavy atom. The number of alkyl halides is 3. The standard InChI is InChI=1S/C18H16F3N3O3S/c1-12-4-6-15(28-12)14-5-7-16(25)24(22-14)10-17(26)23(11-18(19,20)21)9-13-3-2-8-27-13/h2-8H,9-11H2,1H3. The Hall–Kier alpha value is -2.88. The average Bonchev–Trinajstić information content (AvgIpc) is 3.26. The number of hydrogen-bond donors (Lipinski definition) is 0. The summed E-state index contributed by atoms with van der Waals surface area (Å²) in [6.45, 7) is -0.500. The van der Waals surface area contributed by atoms with Crippen molar-refractivity contribution < 1.29 is 22.4 Å². The predicted molar refractivity (Wildman–Crippen MR) is 96.7 cm³/mol. The first kappa shape index (κ1) is 19.9. The van der Waals surface area contributed by atoms with Gasteiger partial charge in [0.1, 0.15) is 24.5 Å². The number of carbonyl (C=O) groups excluding carboxylic acids is 1. The highest BCUT2D eigenvalue weighted by molar-refractivity contribution is 7.15. The lowest BCUT2D eigenvalue weighted by molar-refractivity contribution is -0.163. The van der Waals surface area contributed by atoms with Crippen LogP contribution in [0.1, 0.15) is 10.6 Å². The first-order valence-corrected chi connectivity index (χ1v) is 9.05. The van der Waals surface area contributed by atoms with Gasteiger partial charge in [0.15, 0.2) is 0 Å². The van der Waals surface area contributed by atoms with Crippen LogP contribution in [0, 0.1) is 6.92 Å². The number of amides is 1. The molecule has 0 fully saturated rings. The van der Waals surface area contributed by atoms with Gasteiger partial charge in [0.2, 0.25) is 5.91 Å². The number of rotatable bonds is 6. The van der Waals surface area contributed by atoms with Crippen molar-refractivity contribution in [1.29, 1.82) is 0 Å². The van der Waals surface area contributed by atoms with Crippen molar-refractivity contribution in [2.75, 3.05) is 6.54 Å². The lowest BCUT2D eigenvalue weighted by atomic mass is 10.3. The summed E-state index contributed by atoms with van der Waals surface area (Å²) in [5, 5.41) is 4.13. The SMILES string of the molecule is Cc1ccc(-c2ccc(=O)n(CC(=O)N(Cc3ccco3)CC(F)(F)F)n2)s1. The maximum absolute atomic E-state index is 12.9. The topological polar surface area (TPSA) is 68.3 Å². The molecule has 0 saturated carbocycles. The zero-order valence-corrected chi connectivity index (χ0v) is 15.6. The fourth-order valence-electron chi connectivity index (χ4n) is 2.53. The third kappa shape index (κ3) is 5.10. The van der Waals surface area contributed by atoms with Gasteiger partial charge in [-0.05, 0) is 37.3 Å². The minimum Gasteiger partial charge on any atom is -0.467 e. The molecule has 0 unspecified atom stereocenters. The highest BCUT2D eigenvalue weighted by atomic mass is 32.1. The molecule has 0 aliphatic heterocycles. The minimum atomic E-state index is -4.59. The third-order valence-corrected chi connectivity index (χ3v) is 4.82. The average molecular weight is 411 g/mol. The second-order valence-electron chi connectivity index (χ2n) is 6.07. The summed E-state index contributed by atoms with van der Waals surface area (Å²) in [7, 11) is 0. The predicted octanol–water partition coefficient (Wildman–Crippen LogP) is 3.46. The van der Waals surface area contributed by atoms with E-state index in [1.54, 1.807) is 0 Å². The molecular formula is C18H16F3N3O3S. The van der Waals surface area contributed by atoms with Crippen LogP contribution >= 0.6 is 11.3 Å². The fourth-order valence-corrected chi connectivity index (χ4v) is 3.37. The van der Waals surface area contributed by atoms with Crippen LogP contribution in [0.2, 0.25) is 0 Å². The van der Waals surface area contributed by atoms with Crippen molar-refractivity contribution in [3.63, 3.8) is 0 Å². The molecule has 10 heteroatoms. The van der Waals surface area contributed by atoms with Crippen molar-refractivity contribution in [3.05, 3.63) is 63.7 Å². The van der Waals surface area contributed by atoms with Crippen LogP contribution in [0.15, 0.2) is 51.9 Å². The second kappa shape index (κ2) is 8.01. The van der Waals surface area contributed by atoms with Crippen LogP contribution in [-0.2, 0) is 17.9 Å². The van der Waals surface area contributed by atoms with Gasteiger partial charge < -0.3 is 9.32 Å². The molecule has 0 aromatic carbocycles. The Balaban J connectivity index is 1.83. The molecule has 6 nitrogen and oxygen atoms in total. The van der Waals surface area contributed by atoms with Crippen LogP contribution in [0.5, 0.6) is 0 Å². The Bertz CT molecular complexity index is 1010. The van der Waals surface area contributed by atoms with Gasteiger partial charge in [0.25, 0.3) is 5.56 Å². The summed E-state index contributed by atoms with van der Waals surface area (Å²) in [5.41, 5.74) is -0.103. The monoisotopic (exact) mass is 411 g/mol. The number of aromatic nitrogens is 2. The van der Waals surface area contributed by atoms with Gasteiger partial charge >= 0.3 is 6.18 Å². The third-order valence-electron chi connectivity index (χ3n) is 3.79. The molecule has 0 saturated heterocycles. The van der Waals surface area contributed by atoms with Gasteiger partial charge in [-0.2, -0.15) is 18.3 Å². The summed E-state index contributed by atoms with van der Waals surface area (Å²) in [5.74, 6) is -0.677. The van der Waals surface area contributed by atoms with Crippen LogP contribution in [0.4, 0.5) is 13.2 Å². The quantitative estimate of drug-likeness (QED) is 0.623. The lowest BCUT2D eigenvalue weighted by Crippen LogP contribution is -2.41. The number of thiophene rings is 1. The summed E-state index contributed by atoms with van der Waals surface area (Å²) >= 11 is 1.46. The van der Waals surface area contributed by atoms with Crippen molar-refractivity contribution in [1.82, 2.24) is 14.7 Å². The summed E-state index contributed by atoms with van der Waals surface area (Å²) in [4.78, 5) is 27.0. The van der Waals surface area contributed by atoms with Gasteiger partial charge in [-0.15, -0.1) is 11.3 Å². The van der Waals surface area contributed by atoms with Crippen molar-refractivity contribution >= 4 is 17.2 Å². The van der Waals surface area contributed by atoms with E-state index in [-0.39, 0.29) is 12.3 Å². The number of nitrogens with zero attached hydrogens (tertiary/aromatic N) is 3. The first-order valence-electron chi connectivity index (χ1n) is 8.23. The summed E-state index contributed by atoms with van der Waals surface area (Å²) < 4.78 is 44.6. The van der Waals surface area contributed by atoms with E-state index in [1.807, 2.05) is 19.1 Å². The van der Waals surface area contributed by atoms with Crippen molar-refractivity contribution in [2.24, 2.45) is 0 Å². The molecule has 3 rings (SSSR count). The van der Waals surface area contributed by atoms with E-state index in [0.29, 0.717) is 10.6 Å². The van der Waals surface area contributed by atoms with Crippen LogP contribution < -0.4 is 5.56 Å². The summed E-state index contributed by atoms with van der Waals surface area (Å²) in [6, 6.07) is 9.46. The molecule has 28 heavy (non-hydrogen) atoms. The zero-order chi connectivity index (χ0) is 20.3. The molecular weight excluding hydrogens is 395 g/mol. The zero-order valence-electron chi connectivity index (χ0n) is 14.8. The van der Waals surface area contributed by atoms with Gasteiger partial charge in [-0.1, -0.05) is 0 Å². The van der Waals surface area contributed by atoms with E-state index in [9.17, 15) is 22.8 Å². The highest BCUT2D eigenvalue weighted by Gasteiger charge is 2.33. The minimum absolute atomic E-state index is 0.209. The Kier molecular flexibility index (Phi) is 5.68. The van der Waals surface area contributed by atoms with E-state index < -0.39 is 30.7 Å². The fraction of sp³-hybridized carbons (Fsp3) is 0.278. The van der Waals surface area contributed by atoms with Gasteiger partial charge in [-0.25, -0.2) is 4.68 Å². The number of halogens is 3. The number of carbonyl (C=O) groups is 1. The molecule has 0 aliphatic carbocycles. The van der Waals surface area contributed by atoms with Gasteiger partial charge in [0.05, 0.1) is 17.7 Å². The van der Waals surface area contributed by atoms with E-state index in [4.69, 9.17) is 4.42 Å². The summed E-state index contributed by atoms with van der Waals surface area (Å²) in [6.07, 6.45) is -3.28. The Morgan fingerprint density at radius 3 is 2.64 bits per heavy atom. The maximum atomic E-state index is 12.9. The van der Waals surface area contributed by atoms with Crippen molar-refractivity contribution in [3.8, 4) is 10.6 Å². The molecule has 0 bridgehead atoms. The number of furan rings is 1. The largest absolute Gasteiger partial charge is 0.467 e. The van der Waals surface area contributed by atoms with Crippen LogP contribution in [-0.4, -0.2) is 33.3 Å². The van der Waals surface area contributed by atoms with Crippen molar-refractivity contribution in [2.45, 2.75) is 26.2 Å². The molecule has 0 aliphatic rings.